The minimum absolute atomic E-state index is 0.207. The third kappa shape index (κ3) is 4.57. The predicted octanol–water partition coefficient (Wildman–Crippen LogP) is 1.78. The summed E-state index contributed by atoms with van der Waals surface area (Å²) in [7, 11) is 2.23. The van der Waals surface area contributed by atoms with Crippen LogP contribution in [0.5, 0.6) is 0 Å². The molecule has 0 aliphatic carbocycles. The van der Waals surface area contributed by atoms with Gasteiger partial charge in [-0.2, -0.15) is 0 Å². The third-order valence-electron chi connectivity index (χ3n) is 4.22. The van der Waals surface area contributed by atoms with Crippen molar-refractivity contribution >= 4 is 0 Å². The first-order chi connectivity index (χ1) is 7.84. The molecule has 0 radical (unpaired) electrons. The van der Waals surface area contributed by atoms with Crippen LogP contribution in [0.2, 0.25) is 0 Å². The Kier molecular flexibility index (Phi) is 5.42. The summed E-state index contributed by atoms with van der Waals surface area (Å²) in [6.45, 7) is 13.6. The van der Waals surface area contributed by atoms with Crippen molar-refractivity contribution < 1.29 is 0 Å². The fourth-order valence-electron chi connectivity index (χ4n) is 2.41. The maximum Gasteiger partial charge on any atom is 0.0217 e. The van der Waals surface area contributed by atoms with Crippen LogP contribution in [-0.2, 0) is 0 Å². The standard InChI is InChI=1S/C14H31N3/c1-6-17-9-7-12(8-10-17)16(5)11-13(15)14(2,3)4/h12-13H,6-11,15H2,1-5H3. The zero-order chi connectivity index (χ0) is 13.1. The molecule has 1 heterocycles. The third-order valence-corrected chi connectivity index (χ3v) is 4.22. The van der Waals surface area contributed by atoms with E-state index in [4.69, 9.17) is 5.73 Å². The van der Waals surface area contributed by atoms with Crippen LogP contribution < -0.4 is 5.73 Å². The van der Waals surface area contributed by atoms with Crippen molar-refractivity contribution in [1.82, 2.24) is 9.80 Å². The number of likely N-dealkylation sites (N-methyl/N-ethyl adjacent to an activating group) is 1. The maximum atomic E-state index is 6.26. The molecule has 102 valence electrons. The zero-order valence-corrected chi connectivity index (χ0v) is 12.4. The largest absolute Gasteiger partial charge is 0.326 e. The van der Waals surface area contributed by atoms with Crippen molar-refractivity contribution in [3.63, 3.8) is 0 Å². The van der Waals surface area contributed by atoms with Crippen LogP contribution >= 0.6 is 0 Å². The molecule has 0 bridgehead atoms. The Hall–Kier alpha value is -0.120. The van der Waals surface area contributed by atoms with Crippen molar-refractivity contribution in [3.8, 4) is 0 Å². The molecule has 0 amide bonds. The number of nitrogens with zero attached hydrogens (tertiary/aromatic N) is 2. The quantitative estimate of drug-likeness (QED) is 0.814. The molecule has 1 aliphatic heterocycles. The van der Waals surface area contributed by atoms with E-state index in [9.17, 15) is 0 Å². The van der Waals surface area contributed by atoms with Gasteiger partial charge in [0.1, 0.15) is 0 Å². The van der Waals surface area contributed by atoms with E-state index in [0.717, 1.165) is 12.6 Å². The molecule has 2 N–H and O–H groups in total. The molecular formula is C14H31N3. The molecule has 17 heavy (non-hydrogen) atoms. The Morgan fingerprint density at radius 3 is 2.24 bits per heavy atom. The monoisotopic (exact) mass is 241 g/mol. The highest BCUT2D eigenvalue weighted by molar-refractivity contribution is 4.84. The molecule has 0 aromatic heterocycles. The van der Waals surface area contributed by atoms with E-state index in [1.54, 1.807) is 0 Å². The lowest BCUT2D eigenvalue weighted by molar-refractivity contribution is 0.113. The SMILES string of the molecule is CCN1CCC(N(C)CC(N)C(C)(C)C)CC1. The van der Waals surface area contributed by atoms with Gasteiger partial charge in [-0.25, -0.2) is 0 Å². The van der Waals surface area contributed by atoms with Crippen LogP contribution in [0.3, 0.4) is 0 Å². The Bertz CT molecular complexity index is 214. The molecule has 0 aromatic rings. The molecular weight excluding hydrogens is 210 g/mol. The topological polar surface area (TPSA) is 32.5 Å². The summed E-state index contributed by atoms with van der Waals surface area (Å²) in [5.41, 5.74) is 6.47. The molecule has 0 spiro atoms. The summed E-state index contributed by atoms with van der Waals surface area (Å²) in [5, 5.41) is 0. The van der Waals surface area contributed by atoms with Gasteiger partial charge in [-0.05, 0) is 44.9 Å². The van der Waals surface area contributed by atoms with Gasteiger partial charge >= 0.3 is 0 Å². The highest BCUT2D eigenvalue weighted by atomic mass is 15.2. The van der Waals surface area contributed by atoms with E-state index in [1.807, 2.05) is 0 Å². The van der Waals surface area contributed by atoms with Gasteiger partial charge in [0.2, 0.25) is 0 Å². The fourth-order valence-corrected chi connectivity index (χ4v) is 2.41. The molecule has 1 rings (SSSR count). The molecule has 3 nitrogen and oxygen atoms in total. The van der Waals surface area contributed by atoms with E-state index in [2.05, 4.69) is 44.5 Å². The first-order valence-corrected chi connectivity index (χ1v) is 7.02. The Morgan fingerprint density at radius 2 is 1.82 bits per heavy atom. The van der Waals surface area contributed by atoms with Crippen molar-refractivity contribution in [2.24, 2.45) is 11.1 Å². The fraction of sp³-hybridized carbons (Fsp3) is 1.00. The maximum absolute atomic E-state index is 6.26. The van der Waals surface area contributed by atoms with Gasteiger partial charge in [0.15, 0.2) is 0 Å². The minimum Gasteiger partial charge on any atom is -0.326 e. The second-order valence-corrected chi connectivity index (χ2v) is 6.58. The summed E-state index contributed by atoms with van der Waals surface area (Å²) in [5.74, 6) is 0. The molecule has 1 saturated heterocycles. The van der Waals surface area contributed by atoms with Crippen LogP contribution in [-0.4, -0.2) is 55.1 Å². The van der Waals surface area contributed by atoms with Crippen LogP contribution in [0, 0.1) is 5.41 Å². The second-order valence-electron chi connectivity index (χ2n) is 6.58. The Labute approximate surface area is 107 Å². The van der Waals surface area contributed by atoms with Gasteiger partial charge in [-0.3, -0.25) is 0 Å². The minimum atomic E-state index is 0.207. The van der Waals surface area contributed by atoms with Crippen molar-refractivity contribution in [1.29, 1.82) is 0 Å². The first kappa shape index (κ1) is 14.9. The van der Waals surface area contributed by atoms with E-state index in [0.29, 0.717) is 0 Å². The zero-order valence-electron chi connectivity index (χ0n) is 12.4. The molecule has 0 aromatic carbocycles. The van der Waals surface area contributed by atoms with E-state index in [1.165, 1.54) is 32.5 Å². The van der Waals surface area contributed by atoms with Gasteiger partial charge in [0.05, 0.1) is 0 Å². The first-order valence-electron chi connectivity index (χ1n) is 7.02. The molecule has 1 atom stereocenters. The Morgan fingerprint density at radius 1 is 1.29 bits per heavy atom. The lowest BCUT2D eigenvalue weighted by atomic mass is 9.86. The number of likely N-dealkylation sites (tertiary alicyclic amines) is 1. The van der Waals surface area contributed by atoms with Gasteiger partial charge in [0.25, 0.3) is 0 Å². The van der Waals surface area contributed by atoms with Crippen LogP contribution in [0.25, 0.3) is 0 Å². The summed E-state index contributed by atoms with van der Waals surface area (Å²) < 4.78 is 0. The van der Waals surface area contributed by atoms with Crippen molar-refractivity contribution in [2.45, 2.75) is 52.6 Å². The lowest BCUT2D eigenvalue weighted by Gasteiger charge is -2.39. The van der Waals surface area contributed by atoms with Crippen LogP contribution in [0.1, 0.15) is 40.5 Å². The lowest BCUT2D eigenvalue weighted by Crippen LogP contribution is -2.50. The number of nitrogens with two attached hydrogens (primary N) is 1. The summed E-state index contributed by atoms with van der Waals surface area (Å²) in [4.78, 5) is 5.01. The average Bonchev–Trinajstić information content (AvgIpc) is 2.27. The molecule has 1 fully saturated rings. The van der Waals surface area contributed by atoms with Gasteiger partial charge < -0.3 is 15.5 Å². The highest BCUT2D eigenvalue weighted by Gasteiger charge is 2.26. The smallest absolute Gasteiger partial charge is 0.0217 e. The van der Waals surface area contributed by atoms with Crippen molar-refractivity contribution in [3.05, 3.63) is 0 Å². The highest BCUT2D eigenvalue weighted by Crippen LogP contribution is 2.21. The van der Waals surface area contributed by atoms with E-state index < -0.39 is 0 Å². The summed E-state index contributed by atoms with van der Waals surface area (Å²) >= 11 is 0. The van der Waals surface area contributed by atoms with E-state index in [-0.39, 0.29) is 11.5 Å². The molecule has 1 unspecified atom stereocenters. The van der Waals surface area contributed by atoms with Crippen molar-refractivity contribution in [2.75, 3.05) is 33.2 Å². The number of hydrogen-bond acceptors (Lipinski definition) is 3. The number of hydrogen-bond donors (Lipinski definition) is 1. The number of piperidine rings is 1. The van der Waals surface area contributed by atoms with E-state index >= 15 is 0 Å². The molecule has 3 heteroatoms. The Balaban J connectivity index is 2.36. The van der Waals surface area contributed by atoms with Crippen LogP contribution in [0.15, 0.2) is 0 Å². The summed E-state index contributed by atoms with van der Waals surface area (Å²) in [6, 6.07) is 0.989. The normalized spacial score (nSPS) is 22.1. The molecule has 0 saturated carbocycles. The van der Waals surface area contributed by atoms with Gasteiger partial charge in [0, 0.05) is 18.6 Å². The summed E-state index contributed by atoms with van der Waals surface area (Å²) in [6.07, 6.45) is 2.59. The van der Waals surface area contributed by atoms with Gasteiger partial charge in [-0.15, -0.1) is 0 Å². The average molecular weight is 241 g/mol. The predicted molar refractivity (Wildman–Crippen MR) is 75.2 cm³/mol. The van der Waals surface area contributed by atoms with Gasteiger partial charge in [-0.1, -0.05) is 27.7 Å². The molecule has 1 aliphatic rings. The number of rotatable bonds is 4. The second kappa shape index (κ2) is 6.17. The van der Waals surface area contributed by atoms with Crippen LogP contribution in [0.4, 0.5) is 0 Å².